The number of aryl methyl sites for hydroxylation is 1. The Labute approximate surface area is 129 Å². The van der Waals surface area contributed by atoms with Crippen molar-refractivity contribution in [2.45, 2.75) is 70.1 Å². The molecule has 0 aliphatic heterocycles. The van der Waals surface area contributed by atoms with Crippen molar-refractivity contribution >= 4 is 15.5 Å². The fourth-order valence-corrected chi connectivity index (χ4v) is 3.98. The van der Waals surface area contributed by atoms with Crippen LogP contribution in [0.5, 0.6) is 0 Å². The fraction of sp³-hybridized carbons (Fsp3) is 0.647. The normalized spacial score (nSPS) is 11.7. The molecule has 0 aromatic heterocycles. The summed E-state index contributed by atoms with van der Waals surface area (Å²) in [5.41, 5.74) is 7.18. The lowest BCUT2D eigenvalue weighted by Crippen LogP contribution is -2.09. The van der Waals surface area contributed by atoms with Gasteiger partial charge in [0.2, 0.25) is 0 Å². The van der Waals surface area contributed by atoms with Gasteiger partial charge < -0.3 is 5.73 Å². The van der Waals surface area contributed by atoms with E-state index in [0.29, 0.717) is 5.69 Å². The maximum Gasteiger partial charge on any atom is 0.180 e. The van der Waals surface area contributed by atoms with Crippen LogP contribution in [0.25, 0.3) is 0 Å². The minimum Gasteiger partial charge on any atom is -0.398 e. The molecule has 0 bridgehead atoms. The molecule has 0 saturated carbocycles. The van der Waals surface area contributed by atoms with E-state index in [2.05, 4.69) is 6.92 Å². The Morgan fingerprint density at radius 3 is 2.10 bits per heavy atom. The Hall–Kier alpha value is -1.03. The molecular weight excluding hydrogens is 282 g/mol. The molecule has 0 heterocycles. The molecule has 0 radical (unpaired) electrons. The summed E-state index contributed by atoms with van der Waals surface area (Å²) in [6, 6.07) is 5.16. The monoisotopic (exact) mass is 311 g/mol. The molecule has 21 heavy (non-hydrogen) atoms. The molecule has 0 aliphatic rings. The number of hydrogen-bond acceptors (Lipinski definition) is 3. The summed E-state index contributed by atoms with van der Waals surface area (Å²) in [4.78, 5) is 0.288. The number of sulfone groups is 1. The Morgan fingerprint density at radius 1 is 0.952 bits per heavy atom. The lowest BCUT2D eigenvalue weighted by Gasteiger charge is -2.08. The Bertz CT molecular complexity index is 524. The first-order chi connectivity index (χ1) is 9.97. The summed E-state index contributed by atoms with van der Waals surface area (Å²) in [5.74, 6) is 0.204. The lowest BCUT2D eigenvalue weighted by molar-refractivity contribution is 0.572. The van der Waals surface area contributed by atoms with E-state index in [-0.39, 0.29) is 10.6 Å². The van der Waals surface area contributed by atoms with Gasteiger partial charge in [-0.25, -0.2) is 8.42 Å². The minimum absolute atomic E-state index is 0.204. The van der Waals surface area contributed by atoms with Gasteiger partial charge in [0, 0.05) is 0 Å². The van der Waals surface area contributed by atoms with E-state index in [1.807, 2.05) is 6.92 Å². The van der Waals surface area contributed by atoms with Gasteiger partial charge in [-0.3, -0.25) is 0 Å². The van der Waals surface area contributed by atoms with Crippen molar-refractivity contribution in [3.8, 4) is 0 Å². The molecule has 0 spiro atoms. The number of benzene rings is 1. The van der Waals surface area contributed by atoms with Gasteiger partial charge in [0.1, 0.15) is 0 Å². The van der Waals surface area contributed by atoms with Crippen LogP contribution in [0.2, 0.25) is 0 Å². The average Bonchev–Trinajstić information content (AvgIpc) is 2.41. The van der Waals surface area contributed by atoms with Gasteiger partial charge in [-0.1, -0.05) is 57.9 Å². The summed E-state index contributed by atoms with van der Waals surface area (Å²) in [6.45, 7) is 4.12. The van der Waals surface area contributed by atoms with Crippen LogP contribution in [-0.4, -0.2) is 14.2 Å². The Morgan fingerprint density at radius 2 is 1.52 bits per heavy atom. The van der Waals surface area contributed by atoms with Crippen LogP contribution in [0.15, 0.2) is 23.1 Å². The van der Waals surface area contributed by atoms with Crippen molar-refractivity contribution in [3.05, 3.63) is 23.8 Å². The number of unbranched alkanes of at least 4 members (excludes halogenated alkanes) is 7. The van der Waals surface area contributed by atoms with Gasteiger partial charge in [0.05, 0.1) is 16.3 Å². The first-order valence-corrected chi connectivity index (χ1v) is 9.71. The topological polar surface area (TPSA) is 60.2 Å². The van der Waals surface area contributed by atoms with E-state index >= 15 is 0 Å². The van der Waals surface area contributed by atoms with Crippen LogP contribution in [0.4, 0.5) is 5.69 Å². The van der Waals surface area contributed by atoms with Crippen molar-refractivity contribution < 1.29 is 8.42 Å². The van der Waals surface area contributed by atoms with Crippen LogP contribution in [0, 0.1) is 6.92 Å². The molecule has 1 aromatic carbocycles. The van der Waals surface area contributed by atoms with E-state index in [9.17, 15) is 8.42 Å². The van der Waals surface area contributed by atoms with Crippen LogP contribution >= 0.6 is 0 Å². The van der Waals surface area contributed by atoms with Crippen LogP contribution in [0.1, 0.15) is 63.9 Å². The van der Waals surface area contributed by atoms with Crippen molar-refractivity contribution in [3.63, 3.8) is 0 Å². The quantitative estimate of drug-likeness (QED) is 0.511. The molecule has 1 rings (SSSR count). The van der Waals surface area contributed by atoms with Crippen LogP contribution in [0.3, 0.4) is 0 Å². The number of hydrogen-bond donors (Lipinski definition) is 1. The lowest BCUT2D eigenvalue weighted by atomic mass is 10.1. The van der Waals surface area contributed by atoms with Crippen molar-refractivity contribution in [1.82, 2.24) is 0 Å². The number of nitrogens with two attached hydrogens (primary N) is 1. The maximum atomic E-state index is 12.3. The minimum atomic E-state index is -3.23. The second-order valence-electron chi connectivity index (χ2n) is 5.84. The van der Waals surface area contributed by atoms with E-state index < -0.39 is 9.84 Å². The van der Waals surface area contributed by atoms with Crippen molar-refractivity contribution in [2.24, 2.45) is 0 Å². The van der Waals surface area contributed by atoms with E-state index in [4.69, 9.17) is 5.73 Å². The highest BCUT2D eigenvalue weighted by Gasteiger charge is 2.16. The second kappa shape index (κ2) is 9.08. The van der Waals surface area contributed by atoms with Crippen molar-refractivity contribution in [2.75, 3.05) is 11.5 Å². The molecule has 0 unspecified atom stereocenters. The van der Waals surface area contributed by atoms with Crippen LogP contribution in [-0.2, 0) is 9.84 Å². The number of anilines is 1. The molecular formula is C17H29NO2S. The molecule has 1 aromatic rings. The molecule has 3 nitrogen and oxygen atoms in total. The molecule has 0 fully saturated rings. The zero-order valence-electron chi connectivity index (χ0n) is 13.4. The Kier molecular flexibility index (Phi) is 7.79. The summed E-state index contributed by atoms with van der Waals surface area (Å²) in [6.07, 6.45) is 9.19. The third kappa shape index (κ3) is 6.51. The highest BCUT2D eigenvalue weighted by molar-refractivity contribution is 7.91. The largest absolute Gasteiger partial charge is 0.398 e. The summed E-state index contributed by atoms with van der Waals surface area (Å²) >= 11 is 0. The summed E-state index contributed by atoms with van der Waals surface area (Å²) in [7, 11) is -3.23. The molecule has 2 N–H and O–H groups in total. The first-order valence-electron chi connectivity index (χ1n) is 8.06. The molecule has 0 atom stereocenters. The first kappa shape index (κ1) is 18.0. The van der Waals surface area contributed by atoms with Gasteiger partial charge in [-0.2, -0.15) is 0 Å². The maximum absolute atomic E-state index is 12.3. The molecule has 4 heteroatoms. The molecule has 120 valence electrons. The summed E-state index contributed by atoms with van der Waals surface area (Å²) in [5, 5.41) is 0. The molecule has 0 amide bonds. The molecule has 0 saturated heterocycles. The predicted molar refractivity (Wildman–Crippen MR) is 90.3 cm³/mol. The van der Waals surface area contributed by atoms with Crippen LogP contribution < -0.4 is 5.73 Å². The SMILES string of the molecule is CCCCCCCCCCS(=O)(=O)c1ccc(C)cc1N. The second-order valence-corrected chi connectivity index (χ2v) is 7.91. The number of nitrogen functional groups attached to an aromatic ring is 1. The number of rotatable bonds is 10. The third-order valence-electron chi connectivity index (χ3n) is 3.77. The van der Waals surface area contributed by atoms with E-state index in [1.54, 1.807) is 18.2 Å². The average molecular weight is 311 g/mol. The highest BCUT2D eigenvalue weighted by Crippen LogP contribution is 2.22. The van der Waals surface area contributed by atoms with Crippen molar-refractivity contribution in [1.29, 1.82) is 0 Å². The summed E-state index contributed by atoms with van der Waals surface area (Å²) < 4.78 is 24.5. The van der Waals surface area contributed by atoms with Gasteiger partial charge in [0.15, 0.2) is 9.84 Å². The zero-order valence-corrected chi connectivity index (χ0v) is 14.2. The van der Waals surface area contributed by atoms with Gasteiger partial charge in [0.25, 0.3) is 0 Å². The smallest absolute Gasteiger partial charge is 0.180 e. The molecule has 0 aliphatic carbocycles. The van der Waals surface area contributed by atoms with Gasteiger partial charge >= 0.3 is 0 Å². The van der Waals surface area contributed by atoms with Gasteiger partial charge in [-0.15, -0.1) is 0 Å². The highest BCUT2D eigenvalue weighted by atomic mass is 32.2. The Balaban J connectivity index is 2.33. The fourth-order valence-electron chi connectivity index (χ4n) is 2.49. The van der Waals surface area contributed by atoms with E-state index in [0.717, 1.165) is 24.8 Å². The van der Waals surface area contributed by atoms with E-state index in [1.165, 1.54) is 32.1 Å². The van der Waals surface area contributed by atoms with Gasteiger partial charge in [-0.05, 0) is 31.0 Å². The zero-order chi connectivity index (χ0) is 15.7. The predicted octanol–water partition coefficient (Wildman–Crippen LogP) is 4.49. The standard InChI is InChI=1S/C17H29NO2S/c1-3-4-5-6-7-8-9-10-13-21(19,20)17-12-11-15(2)14-16(17)18/h11-12,14H,3-10,13,18H2,1-2H3. The third-order valence-corrected chi connectivity index (χ3v) is 5.64.